The van der Waals surface area contributed by atoms with Gasteiger partial charge in [0.05, 0.1) is 18.0 Å². The zero-order valence-corrected chi connectivity index (χ0v) is 15.3. The minimum atomic E-state index is -0.311. The third-order valence-electron chi connectivity index (χ3n) is 5.91. The van der Waals surface area contributed by atoms with Gasteiger partial charge in [-0.1, -0.05) is 42.5 Å². The van der Waals surface area contributed by atoms with Crippen LogP contribution in [0.25, 0.3) is 5.69 Å². The van der Waals surface area contributed by atoms with Crippen LogP contribution in [0.4, 0.5) is 0 Å². The summed E-state index contributed by atoms with van der Waals surface area (Å²) in [4.78, 5) is 2.50. The zero-order chi connectivity index (χ0) is 18.3. The van der Waals surface area contributed by atoms with Crippen LogP contribution in [-0.2, 0) is 18.8 Å². The molecule has 4 heteroatoms. The Morgan fingerprint density at radius 3 is 2.41 bits per heavy atom. The van der Waals surface area contributed by atoms with E-state index >= 15 is 0 Å². The average Bonchev–Trinajstić information content (AvgIpc) is 3.16. The van der Waals surface area contributed by atoms with E-state index in [0.717, 1.165) is 49.6 Å². The van der Waals surface area contributed by atoms with Crippen LogP contribution >= 0.6 is 0 Å². The Morgan fingerprint density at radius 1 is 0.889 bits per heavy atom. The highest BCUT2D eigenvalue weighted by Crippen LogP contribution is 2.46. The van der Waals surface area contributed by atoms with Crippen molar-refractivity contribution in [1.29, 1.82) is 0 Å². The van der Waals surface area contributed by atoms with Gasteiger partial charge in [-0.3, -0.25) is 4.90 Å². The van der Waals surface area contributed by atoms with Crippen molar-refractivity contribution in [3.8, 4) is 11.4 Å². The summed E-state index contributed by atoms with van der Waals surface area (Å²) in [6, 6.07) is 23.0. The van der Waals surface area contributed by atoms with Crippen molar-refractivity contribution >= 4 is 0 Å². The molecule has 2 aliphatic heterocycles. The molecule has 0 radical (unpaired) electrons. The van der Waals surface area contributed by atoms with Gasteiger partial charge in [0.2, 0.25) is 0 Å². The van der Waals surface area contributed by atoms with Crippen molar-refractivity contribution < 1.29 is 9.84 Å². The molecule has 138 valence electrons. The van der Waals surface area contributed by atoms with Crippen molar-refractivity contribution in [2.45, 2.75) is 31.6 Å². The molecule has 1 fully saturated rings. The third kappa shape index (κ3) is 2.76. The second kappa shape index (κ2) is 6.55. The molecule has 0 saturated carbocycles. The molecule has 3 heterocycles. The molecule has 27 heavy (non-hydrogen) atoms. The van der Waals surface area contributed by atoms with Crippen LogP contribution in [0, 0.1) is 0 Å². The van der Waals surface area contributed by atoms with E-state index in [0.29, 0.717) is 0 Å². The molecule has 0 unspecified atom stereocenters. The summed E-state index contributed by atoms with van der Waals surface area (Å²) in [7, 11) is 0. The van der Waals surface area contributed by atoms with E-state index < -0.39 is 0 Å². The molecule has 0 aliphatic carbocycles. The molecule has 1 saturated heterocycles. The predicted octanol–water partition coefficient (Wildman–Crippen LogP) is 3.85. The van der Waals surface area contributed by atoms with Gasteiger partial charge in [0, 0.05) is 38.2 Å². The quantitative estimate of drug-likeness (QED) is 0.771. The summed E-state index contributed by atoms with van der Waals surface area (Å²) < 4.78 is 8.81. The largest absolute Gasteiger partial charge is 0.479 e. The van der Waals surface area contributed by atoms with Gasteiger partial charge < -0.3 is 14.4 Å². The first kappa shape index (κ1) is 16.6. The summed E-state index contributed by atoms with van der Waals surface area (Å²) in [5.41, 5.74) is 4.17. The lowest BCUT2D eigenvalue weighted by Crippen LogP contribution is -2.48. The molecular formula is C23H24N2O2. The highest BCUT2D eigenvalue weighted by atomic mass is 16.5. The summed E-state index contributed by atoms with van der Waals surface area (Å²) in [5.74, 6) is 0.910. The summed E-state index contributed by atoms with van der Waals surface area (Å²) in [5, 5.41) is 9.83. The lowest BCUT2D eigenvalue weighted by atomic mass is 9.86. The molecule has 1 N–H and O–H groups in total. The van der Waals surface area contributed by atoms with Crippen molar-refractivity contribution in [2.24, 2.45) is 0 Å². The molecule has 4 nitrogen and oxygen atoms in total. The number of benzene rings is 2. The monoisotopic (exact) mass is 360 g/mol. The van der Waals surface area contributed by atoms with Crippen molar-refractivity contribution in [3.63, 3.8) is 0 Å². The van der Waals surface area contributed by atoms with Gasteiger partial charge in [0.25, 0.3) is 0 Å². The van der Waals surface area contributed by atoms with E-state index in [2.05, 4.69) is 51.9 Å². The second-order valence-corrected chi connectivity index (χ2v) is 7.53. The molecule has 1 spiro atoms. The van der Waals surface area contributed by atoms with Crippen LogP contribution in [0.5, 0.6) is 5.75 Å². The van der Waals surface area contributed by atoms with Gasteiger partial charge >= 0.3 is 0 Å². The fourth-order valence-electron chi connectivity index (χ4n) is 4.51. The average molecular weight is 360 g/mol. The van der Waals surface area contributed by atoms with E-state index in [-0.39, 0.29) is 12.2 Å². The highest BCUT2D eigenvalue weighted by molar-refractivity contribution is 5.53. The maximum atomic E-state index is 9.83. The van der Waals surface area contributed by atoms with Crippen molar-refractivity contribution in [1.82, 2.24) is 9.47 Å². The number of fused-ring (bicyclic) bond motifs is 4. The van der Waals surface area contributed by atoms with Gasteiger partial charge in [-0.2, -0.15) is 0 Å². The number of ether oxygens (including phenoxy) is 1. The number of likely N-dealkylation sites (tertiary alicyclic amines) is 1. The lowest BCUT2D eigenvalue weighted by molar-refractivity contribution is -0.0155. The topological polar surface area (TPSA) is 37.6 Å². The Kier molecular flexibility index (Phi) is 4.03. The molecule has 3 aromatic rings. The van der Waals surface area contributed by atoms with Gasteiger partial charge in [0.1, 0.15) is 5.75 Å². The molecule has 2 aliphatic rings. The SMILES string of the molecule is OCc1ccc2n1-c1ccccc1OC21CCN(Cc2ccccc2)CC1. The fraction of sp³-hybridized carbons (Fsp3) is 0.304. The zero-order valence-electron chi connectivity index (χ0n) is 15.3. The first-order valence-corrected chi connectivity index (χ1v) is 9.66. The van der Waals surface area contributed by atoms with E-state index in [1.165, 1.54) is 11.3 Å². The Balaban J connectivity index is 1.44. The van der Waals surface area contributed by atoms with Gasteiger partial charge in [-0.05, 0) is 29.8 Å². The molecular weight excluding hydrogens is 336 g/mol. The fourth-order valence-corrected chi connectivity index (χ4v) is 4.51. The summed E-state index contributed by atoms with van der Waals surface area (Å²) in [6.45, 7) is 3.01. The third-order valence-corrected chi connectivity index (χ3v) is 5.91. The number of para-hydroxylation sites is 2. The first-order valence-electron chi connectivity index (χ1n) is 9.66. The standard InChI is InChI=1S/C23H24N2O2/c26-17-19-10-11-22-23(27-21-9-5-4-8-20(21)25(19)22)12-14-24(15-13-23)16-18-6-2-1-3-7-18/h1-11,26H,12-17H2. The normalized spacial score (nSPS) is 18.0. The minimum Gasteiger partial charge on any atom is -0.479 e. The van der Waals surface area contributed by atoms with Crippen molar-refractivity contribution in [3.05, 3.63) is 83.7 Å². The first-order chi connectivity index (χ1) is 13.3. The van der Waals surface area contributed by atoms with Gasteiger partial charge in [-0.15, -0.1) is 0 Å². The van der Waals surface area contributed by atoms with E-state index in [9.17, 15) is 5.11 Å². The highest BCUT2D eigenvalue weighted by Gasteiger charge is 2.44. The molecule has 5 rings (SSSR count). The van der Waals surface area contributed by atoms with E-state index in [1.807, 2.05) is 24.3 Å². The Labute approximate surface area is 159 Å². The van der Waals surface area contributed by atoms with Gasteiger partial charge in [-0.25, -0.2) is 0 Å². The van der Waals surface area contributed by atoms with Crippen LogP contribution in [0.2, 0.25) is 0 Å². The molecule has 1 aromatic heterocycles. The number of hydrogen-bond acceptors (Lipinski definition) is 3. The Bertz CT molecular complexity index is 940. The smallest absolute Gasteiger partial charge is 0.152 e. The van der Waals surface area contributed by atoms with E-state index in [1.54, 1.807) is 0 Å². The van der Waals surface area contributed by atoms with Crippen molar-refractivity contribution in [2.75, 3.05) is 13.1 Å². The van der Waals surface area contributed by atoms with Crippen LogP contribution in [0.15, 0.2) is 66.7 Å². The Hall–Kier alpha value is -2.56. The molecule has 0 bridgehead atoms. The predicted molar refractivity (Wildman–Crippen MR) is 105 cm³/mol. The minimum absolute atomic E-state index is 0.0323. The van der Waals surface area contributed by atoms with Crippen LogP contribution in [0.3, 0.4) is 0 Å². The Morgan fingerprint density at radius 2 is 1.63 bits per heavy atom. The molecule has 0 atom stereocenters. The number of nitrogens with zero attached hydrogens (tertiary/aromatic N) is 2. The number of rotatable bonds is 3. The second-order valence-electron chi connectivity index (χ2n) is 7.53. The summed E-state index contributed by atoms with van der Waals surface area (Å²) in [6.07, 6.45) is 1.89. The maximum absolute atomic E-state index is 9.83. The lowest BCUT2D eigenvalue weighted by Gasteiger charge is -2.45. The maximum Gasteiger partial charge on any atom is 0.152 e. The summed E-state index contributed by atoms with van der Waals surface area (Å²) >= 11 is 0. The van der Waals surface area contributed by atoms with E-state index in [4.69, 9.17) is 4.74 Å². The van der Waals surface area contributed by atoms with Crippen LogP contribution < -0.4 is 4.74 Å². The number of aromatic nitrogens is 1. The number of piperidine rings is 1. The number of aliphatic hydroxyl groups excluding tert-OH is 1. The van der Waals surface area contributed by atoms with Crippen LogP contribution in [-0.4, -0.2) is 27.7 Å². The van der Waals surface area contributed by atoms with Crippen LogP contribution in [0.1, 0.15) is 29.8 Å². The molecule has 2 aromatic carbocycles. The number of aliphatic hydroxyl groups is 1. The molecule has 0 amide bonds. The van der Waals surface area contributed by atoms with Gasteiger partial charge in [0.15, 0.2) is 5.60 Å². The number of hydrogen-bond donors (Lipinski definition) is 1.